The molecule has 0 spiro atoms. The zero-order valence-corrected chi connectivity index (χ0v) is 19.2. The molecule has 31 heavy (non-hydrogen) atoms. The molecule has 0 unspecified atom stereocenters. The van der Waals surface area contributed by atoms with Crippen LogP contribution >= 0.6 is 23.1 Å². The normalized spacial score (nSPS) is 10.9. The first-order valence-corrected chi connectivity index (χ1v) is 11.9. The lowest BCUT2D eigenvalue weighted by atomic mass is 10.1. The minimum absolute atomic E-state index is 0.362. The Labute approximate surface area is 190 Å². The first-order valence-electron chi connectivity index (χ1n) is 9.99. The molecule has 2 aromatic carbocycles. The van der Waals surface area contributed by atoms with Crippen LogP contribution in [0.5, 0.6) is 5.75 Å². The van der Waals surface area contributed by atoms with E-state index in [4.69, 9.17) is 9.72 Å². The van der Waals surface area contributed by atoms with E-state index in [1.807, 2.05) is 41.8 Å². The summed E-state index contributed by atoms with van der Waals surface area (Å²) in [6.45, 7) is 9.00. The summed E-state index contributed by atoms with van der Waals surface area (Å²) >= 11 is 3.30. The fraction of sp³-hybridized carbons (Fsp3) is 0.208. The van der Waals surface area contributed by atoms with Crippen molar-refractivity contribution >= 4 is 23.1 Å². The molecule has 0 amide bonds. The Morgan fingerprint density at radius 1 is 1.13 bits per heavy atom. The van der Waals surface area contributed by atoms with E-state index in [2.05, 4.69) is 53.3 Å². The molecule has 158 valence electrons. The molecule has 0 atom stereocenters. The minimum atomic E-state index is 0.362. The van der Waals surface area contributed by atoms with Gasteiger partial charge in [-0.2, -0.15) is 0 Å². The number of para-hydroxylation sites is 1. The molecular weight excluding hydrogens is 424 g/mol. The highest BCUT2D eigenvalue weighted by atomic mass is 32.2. The molecule has 0 saturated carbocycles. The van der Waals surface area contributed by atoms with E-state index in [-0.39, 0.29) is 0 Å². The van der Waals surface area contributed by atoms with E-state index < -0.39 is 0 Å². The number of aromatic nitrogens is 4. The first kappa shape index (κ1) is 21.3. The summed E-state index contributed by atoms with van der Waals surface area (Å²) < 4.78 is 8.02. The maximum absolute atomic E-state index is 5.97. The number of thiazole rings is 1. The Kier molecular flexibility index (Phi) is 6.84. The Morgan fingerprint density at radius 3 is 2.81 bits per heavy atom. The third kappa shape index (κ3) is 5.24. The smallest absolute Gasteiger partial charge is 0.191 e. The van der Waals surface area contributed by atoms with Gasteiger partial charge in [0.25, 0.3) is 0 Å². The van der Waals surface area contributed by atoms with Gasteiger partial charge in [-0.3, -0.25) is 4.57 Å². The van der Waals surface area contributed by atoms with Gasteiger partial charge in [0.05, 0.1) is 5.69 Å². The lowest BCUT2D eigenvalue weighted by molar-refractivity contribution is 0.287. The van der Waals surface area contributed by atoms with Gasteiger partial charge in [0.15, 0.2) is 11.0 Å². The predicted molar refractivity (Wildman–Crippen MR) is 128 cm³/mol. The molecule has 0 radical (unpaired) electrons. The topological polar surface area (TPSA) is 52.8 Å². The standard InChI is InChI=1S/C24H24N4OS2/c1-4-12-28-22(14-29-21-11-6-5-9-18(21)3)26-27-24(28)31-16-20-15-30-23(25-20)19-10-7-8-17(2)13-19/h4-11,13,15H,1,12,14,16H2,2-3H3. The summed E-state index contributed by atoms with van der Waals surface area (Å²) in [6.07, 6.45) is 1.85. The van der Waals surface area contributed by atoms with Gasteiger partial charge in [0.1, 0.15) is 17.4 Å². The number of hydrogen-bond donors (Lipinski definition) is 0. The third-order valence-electron chi connectivity index (χ3n) is 4.72. The fourth-order valence-corrected chi connectivity index (χ4v) is 4.91. The molecule has 5 nitrogen and oxygen atoms in total. The first-order chi connectivity index (χ1) is 15.1. The largest absolute Gasteiger partial charge is 0.485 e. The van der Waals surface area contributed by atoms with E-state index >= 15 is 0 Å². The molecule has 2 heterocycles. The molecule has 0 fully saturated rings. The van der Waals surface area contributed by atoms with Gasteiger partial charge < -0.3 is 4.74 Å². The van der Waals surface area contributed by atoms with Gasteiger partial charge in [0.2, 0.25) is 0 Å². The summed E-state index contributed by atoms with van der Waals surface area (Å²) in [5.41, 5.74) is 4.53. The van der Waals surface area contributed by atoms with Gasteiger partial charge in [0, 0.05) is 23.2 Å². The van der Waals surface area contributed by atoms with Gasteiger partial charge in [-0.25, -0.2) is 4.98 Å². The van der Waals surface area contributed by atoms with Gasteiger partial charge >= 0.3 is 0 Å². The molecule has 4 rings (SSSR count). The van der Waals surface area contributed by atoms with Crippen LogP contribution in [0.3, 0.4) is 0 Å². The Morgan fingerprint density at radius 2 is 2.00 bits per heavy atom. The number of thioether (sulfide) groups is 1. The molecule has 2 aromatic heterocycles. The Bertz CT molecular complexity index is 1180. The third-order valence-corrected chi connectivity index (χ3v) is 6.66. The molecule has 0 saturated heterocycles. The lowest BCUT2D eigenvalue weighted by Gasteiger charge is -2.10. The van der Waals surface area contributed by atoms with Crippen LogP contribution in [0.1, 0.15) is 22.6 Å². The number of hydrogen-bond acceptors (Lipinski definition) is 6. The van der Waals surface area contributed by atoms with E-state index in [9.17, 15) is 0 Å². The molecule has 0 N–H and O–H groups in total. The highest BCUT2D eigenvalue weighted by molar-refractivity contribution is 7.98. The molecule has 0 aliphatic rings. The molecule has 4 aromatic rings. The number of ether oxygens (including phenoxy) is 1. The summed E-state index contributed by atoms with van der Waals surface area (Å²) in [7, 11) is 0. The van der Waals surface area contributed by atoms with Crippen LogP contribution in [0.25, 0.3) is 10.6 Å². The van der Waals surface area contributed by atoms with Crippen LogP contribution in [0.4, 0.5) is 0 Å². The van der Waals surface area contributed by atoms with Crippen LogP contribution in [0, 0.1) is 13.8 Å². The number of aryl methyl sites for hydroxylation is 2. The SMILES string of the molecule is C=CCn1c(COc2ccccc2C)nnc1SCc1csc(-c2cccc(C)c2)n1. The van der Waals surface area contributed by atoms with Crippen molar-refractivity contribution in [3.05, 3.63) is 89.2 Å². The quantitative estimate of drug-likeness (QED) is 0.230. The van der Waals surface area contributed by atoms with Crippen molar-refractivity contribution in [1.82, 2.24) is 19.7 Å². The van der Waals surface area contributed by atoms with Crippen molar-refractivity contribution in [3.8, 4) is 16.3 Å². The van der Waals surface area contributed by atoms with Gasteiger partial charge in [-0.05, 0) is 31.5 Å². The Hall–Kier alpha value is -2.90. The second-order valence-corrected chi connectivity index (χ2v) is 8.96. The van der Waals surface area contributed by atoms with Gasteiger partial charge in [-0.1, -0.05) is 59.8 Å². The van der Waals surface area contributed by atoms with Crippen LogP contribution in [-0.4, -0.2) is 19.7 Å². The molecule has 0 aliphatic carbocycles. The zero-order chi connectivity index (χ0) is 21.6. The average Bonchev–Trinajstić information content (AvgIpc) is 3.39. The lowest BCUT2D eigenvalue weighted by Crippen LogP contribution is -2.08. The second kappa shape index (κ2) is 9.94. The van der Waals surface area contributed by atoms with E-state index in [0.717, 1.165) is 44.3 Å². The number of allylic oxidation sites excluding steroid dienone is 1. The van der Waals surface area contributed by atoms with Crippen molar-refractivity contribution in [3.63, 3.8) is 0 Å². The molecule has 0 bridgehead atoms. The van der Waals surface area contributed by atoms with Crippen LogP contribution in [0.15, 0.2) is 71.7 Å². The van der Waals surface area contributed by atoms with E-state index in [1.54, 1.807) is 23.1 Å². The maximum Gasteiger partial charge on any atom is 0.191 e. The fourth-order valence-electron chi connectivity index (χ4n) is 3.13. The monoisotopic (exact) mass is 448 g/mol. The maximum atomic E-state index is 5.97. The van der Waals surface area contributed by atoms with Crippen molar-refractivity contribution < 1.29 is 4.74 Å². The molecule has 0 aliphatic heterocycles. The zero-order valence-electron chi connectivity index (χ0n) is 17.6. The molecular formula is C24H24N4OS2. The second-order valence-electron chi connectivity index (χ2n) is 7.15. The van der Waals surface area contributed by atoms with Crippen LogP contribution < -0.4 is 4.74 Å². The van der Waals surface area contributed by atoms with Crippen LogP contribution in [-0.2, 0) is 18.9 Å². The minimum Gasteiger partial charge on any atom is -0.485 e. The summed E-state index contributed by atoms with van der Waals surface area (Å²) in [5.74, 6) is 2.37. The number of nitrogens with zero attached hydrogens (tertiary/aromatic N) is 4. The van der Waals surface area contributed by atoms with Crippen molar-refractivity contribution in [2.45, 2.75) is 37.9 Å². The number of benzene rings is 2. The Balaban J connectivity index is 1.44. The summed E-state index contributed by atoms with van der Waals surface area (Å²) in [5, 5.41) is 12.7. The number of rotatable bonds is 9. The van der Waals surface area contributed by atoms with Crippen molar-refractivity contribution in [2.75, 3.05) is 0 Å². The summed E-state index contributed by atoms with van der Waals surface area (Å²) in [6, 6.07) is 16.4. The average molecular weight is 449 g/mol. The van der Waals surface area contributed by atoms with Crippen LogP contribution in [0.2, 0.25) is 0 Å². The molecule has 7 heteroatoms. The van der Waals surface area contributed by atoms with Crippen molar-refractivity contribution in [1.29, 1.82) is 0 Å². The van der Waals surface area contributed by atoms with Gasteiger partial charge in [-0.15, -0.1) is 28.1 Å². The predicted octanol–water partition coefficient (Wildman–Crippen LogP) is 6.08. The van der Waals surface area contributed by atoms with Crippen molar-refractivity contribution in [2.24, 2.45) is 0 Å². The van der Waals surface area contributed by atoms with E-state index in [1.165, 1.54) is 5.56 Å². The highest BCUT2D eigenvalue weighted by Gasteiger charge is 2.14. The highest BCUT2D eigenvalue weighted by Crippen LogP contribution is 2.28. The van der Waals surface area contributed by atoms with E-state index in [0.29, 0.717) is 13.2 Å². The summed E-state index contributed by atoms with van der Waals surface area (Å²) in [4.78, 5) is 4.80.